The van der Waals surface area contributed by atoms with E-state index in [4.69, 9.17) is 14.2 Å². The predicted molar refractivity (Wildman–Crippen MR) is 157 cm³/mol. The van der Waals surface area contributed by atoms with Crippen LogP contribution in [0.25, 0.3) is 0 Å². The summed E-state index contributed by atoms with van der Waals surface area (Å²) < 4.78 is 17.3. The Bertz CT molecular complexity index is 1100. The van der Waals surface area contributed by atoms with Crippen molar-refractivity contribution in [1.82, 2.24) is 9.80 Å². The third kappa shape index (κ3) is 7.18. The highest BCUT2D eigenvalue weighted by molar-refractivity contribution is 5.93. The number of likely N-dealkylation sites (tertiary alicyclic amines) is 1. The van der Waals surface area contributed by atoms with E-state index in [1.165, 1.54) is 24.9 Å². The van der Waals surface area contributed by atoms with E-state index in [0.29, 0.717) is 31.2 Å². The number of amides is 2. The first-order valence-corrected chi connectivity index (χ1v) is 14.6. The van der Waals surface area contributed by atoms with E-state index in [1.807, 2.05) is 28.0 Å². The van der Waals surface area contributed by atoms with Crippen molar-refractivity contribution in [3.63, 3.8) is 0 Å². The van der Waals surface area contributed by atoms with Gasteiger partial charge in [-0.15, -0.1) is 0 Å². The van der Waals surface area contributed by atoms with Crippen molar-refractivity contribution in [1.29, 1.82) is 0 Å². The van der Waals surface area contributed by atoms with E-state index in [-0.39, 0.29) is 11.6 Å². The number of carbonyl (C=O) groups is 1. The second kappa shape index (κ2) is 13.4. The van der Waals surface area contributed by atoms with E-state index < -0.39 is 0 Å². The minimum Gasteiger partial charge on any atom is -0.496 e. The van der Waals surface area contributed by atoms with E-state index in [9.17, 15) is 4.79 Å². The van der Waals surface area contributed by atoms with Crippen molar-refractivity contribution in [2.24, 2.45) is 0 Å². The highest BCUT2D eigenvalue weighted by atomic mass is 16.5. The van der Waals surface area contributed by atoms with Crippen molar-refractivity contribution < 1.29 is 19.0 Å². The molecule has 4 rings (SSSR count). The first kappa shape index (κ1) is 29.1. The van der Waals surface area contributed by atoms with Gasteiger partial charge in [0.2, 0.25) is 0 Å². The molecule has 2 aliphatic heterocycles. The predicted octanol–water partition coefficient (Wildman–Crippen LogP) is 6.52. The second-order valence-corrected chi connectivity index (χ2v) is 11.4. The Kier molecular flexibility index (Phi) is 10.0. The van der Waals surface area contributed by atoms with Gasteiger partial charge in [-0.3, -0.25) is 9.80 Å². The van der Waals surface area contributed by atoms with Crippen LogP contribution in [0, 0.1) is 0 Å². The van der Waals surface area contributed by atoms with E-state index >= 15 is 0 Å². The lowest BCUT2D eigenvalue weighted by Crippen LogP contribution is -2.49. The fourth-order valence-electron chi connectivity index (χ4n) is 5.77. The van der Waals surface area contributed by atoms with E-state index in [1.54, 1.807) is 14.2 Å². The van der Waals surface area contributed by atoms with Gasteiger partial charge >= 0.3 is 6.03 Å². The number of rotatable bonds is 13. The minimum absolute atomic E-state index is 0.00532. The van der Waals surface area contributed by atoms with Crippen LogP contribution >= 0.6 is 0 Å². The monoisotopic (exact) mass is 537 g/mol. The van der Waals surface area contributed by atoms with Crippen LogP contribution in [0.2, 0.25) is 0 Å². The number of carbonyl (C=O) groups excluding carboxylic acids is 1. The highest BCUT2D eigenvalue weighted by Gasteiger charge is 2.31. The number of methoxy groups -OCH3 is 2. The Hall–Kier alpha value is -2.93. The second-order valence-electron chi connectivity index (χ2n) is 11.4. The summed E-state index contributed by atoms with van der Waals surface area (Å²) in [7, 11) is 3.36. The Morgan fingerprint density at radius 1 is 0.897 bits per heavy atom. The Morgan fingerprint density at radius 2 is 1.72 bits per heavy atom. The van der Waals surface area contributed by atoms with Crippen LogP contribution in [0.1, 0.15) is 70.4 Å². The molecule has 0 saturated carbocycles. The largest absolute Gasteiger partial charge is 0.496 e. The van der Waals surface area contributed by atoms with Crippen molar-refractivity contribution in [3.8, 4) is 17.2 Å². The van der Waals surface area contributed by atoms with Crippen LogP contribution < -0.4 is 19.1 Å². The van der Waals surface area contributed by atoms with Crippen LogP contribution in [0.5, 0.6) is 17.2 Å². The van der Waals surface area contributed by atoms with Crippen LogP contribution in [-0.4, -0.2) is 68.4 Å². The molecule has 0 radical (unpaired) electrons. The molecule has 0 aliphatic carbocycles. The highest BCUT2D eigenvalue weighted by Crippen LogP contribution is 2.34. The van der Waals surface area contributed by atoms with Gasteiger partial charge in [-0.05, 0) is 76.3 Å². The molecular weight excluding hydrogens is 490 g/mol. The molecule has 2 aromatic rings. The van der Waals surface area contributed by atoms with Crippen LogP contribution in [-0.2, 0) is 13.0 Å². The molecule has 0 bridgehead atoms. The van der Waals surface area contributed by atoms with Crippen LogP contribution in [0.15, 0.2) is 36.4 Å². The molecule has 0 aromatic heterocycles. The first-order valence-electron chi connectivity index (χ1n) is 14.6. The van der Waals surface area contributed by atoms with Crippen molar-refractivity contribution in [3.05, 3.63) is 47.5 Å². The molecule has 2 aliphatic rings. The number of anilines is 1. The molecule has 0 spiro atoms. The van der Waals surface area contributed by atoms with Crippen molar-refractivity contribution in [2.45, 2.75) is 77.8 Å². The molecule has 2 amide bonds. The summed E-state index contributed by atoms with van der Waals surface area (Å²) in [4.78, 5) is 20.0. The summed E-state index contributed by atoms with van der Waals surface area (Å²) in [6.45, 7) is 11.7. The standard InChI is InChI=1S/C32H47N3O4/c1-6-7-8-21-39-30-23-27(13-14-28(30)37-4)35-19-10-17-33(31(35)36)24-26-12-11-25(22-29(26)38-5)15-20-34-18-9-16-32(34,2)3/h11-14,22-23H,6-10,15-21,24H2,1-5H3. The molecule has 0 atom stereocenters. The fourth-order valence-corrected chi connectivity index (χ4v) is 5.77. The summed E-state index contributed by atoms with van der Waals surface area (Å²) in [5.41, 5.74) is 3.43. The van der Waals surface area contributed by atoms with Gasteiger partial charge in [-0.1, -0.05) is 31.9 Å². The molecule has 2 aromatic carbocycles. The summed E-state index contributed by atoms with van der Waals surface area (Å²) in [5, 5.41) is 0. The number of ether oxygens (including phenoxy) is 3. The first-order chi connectivity index (χ1) is 18.9. The maximum absolute atomic E-state index is 13.6. The number of hydrogen-bond donors (Lipinski definition) is 0. The molecule has 7 nitrogen and oxygen atoms in total. The van der Waals surface area contributed by atoms with Gasteiger partial charge in [0.05, 0.1) is 27.4 Å². The maximum atomic E-state index is 13.6. The Morgan fingerprint density at radius 3 is 2.44 bits per heavy atom. The SMILES string of the molecule is CCCCCOc1cc(N2CCCN(Cc3ccc(CCN4CCCC4(C)C)cc3OC)C2=O)ccc1OC. The number of urea groups is 1. The summed E-state index contributed by atoms with van der Waals surface area (Å²) in [6.07, 6.45) is 7.70. The molecule has 214 valence electrons. The number of benzene rings is 2. The molecular formula is C32H47N3O4. The van der Waals surface area contributed by atoms with Gasteiger partial charge in [0, 0.05) is 42.5 Å². The number of unbranched alkanes of at least 4 members (excludes halogenated alkanes) is 2. The molecule has 2 fully saturated rings. The van der Waals surface area contributed by atoms with Gasteiger partial charge in [0.1, 0.15) is 5.75 Å². The van der Waals surface area contributed by atoms with Gasteiger partial charge in [-0.25, -0.2) is 4.79 Å². The molecule has 0 N–H and O–H groups in total. The van der Waals surface area contributed by atoms with Gasteiger partial charge in [0.15, 0.2) is 11.5 Å². The normalized spacial score (nSPS) is 17.5. The van der Waals surface area contributed by atoms with Crippen molar-refractivity contribution >= 4 is 11.7 Å². The lowest BCUT2D eigenvalue weighted by Gasteiger charge is -2.36. The molecule has 2 saturated heterocycles. The number of nitrogens with zero attached hydrogens (tertiary/aromatic N) is 3. The molecule has 7 heteroatoms. The zero-order chi connectivity index (χ0) is 27.8. The van der Waals surface area contributed by atoms with Gasteiger partial charge < -0.3 is 19.1 Å². The summed E-state index contributed by atoms with van der Waals surface area (Å²) in [5.74, 6) is 2.23. The van der Waals surface area contributed by atoms with Gasteiger partial charge in [-0.2, -0.15) is 0 Å². The molecule has 39 heavy (non-hydrogen) atoms. The molecule has 2 heterocycles. The summed E-state index contributed by atoms with van der Waals surface area (Å²) in [6, 6.07) is 12.2. The van der Waals surface area contributed by atoms with E-state index in [0.717, 1.165) is 62.2 Å². The smallest absolute Gasteiger partial charge is 0.324 e. The lowest BCUT2D eigenvalue weighted by molar-refractivity contribution is 0.177. The summed E-state index contributed by atoms with van der Waals surface area (Å²) >= 11 is 0. The zero-order valence-electron chi connectivity index (χ0n) is 24.6. The third-order valence-corrected chi connectivity index (χ3v) is 8.23. The lowest BCUT2D eigenvalue weighted by atomic mass is 10.0. The zero-order valence-corrected chi connectivity index (χ0v) is 24.6. The third-order valence-electron chi connectivity index (χ3n) is 8.23. The quantitative estimate of drug-likeness (QED) is 0.272. The van der Waals surface area contributed by atoms with Crippen molar-refractivity contribution in [2.75, 3.05) is 51.9 Å². The topological polar surface area (TPSA) is 54.5 Å². The van der Waals surface area contributed by atoms with Crippen LogP contribution in [0.4, 0.5) is 10.5 Å². The molecule has 0 unspecified atom stereocenters. The van der Waals surface area contributed by atoms with E-state index in [2.05, 4.69) is 43.9 Å². The Balaban J connectivity index is 1.42. The minimum atomic E-state index is 0.00532. The van der Waals surface area contributed by atoms with Crippen LogP contribution in [0.3, 0.4) is 0 Å². The maximum Gasteiger partial charge on any atom is 0.324 e. The van der Waals surface area contributed by atoms with Gasteiger partial charge in [0.25, 0.3) is 0 Å². The number of hydrogen-bond acceptors (Lipinski definition) is 5. The average molecular weight is 538 g/mol. The Labute approximate surface area is 235 Å². The average Bonchev–Trinajstić information content (AvgIpc) is 3.29. The fraction of sp³-hybridized carbons (Fsp3) is 0.594.